The fourth-order valence-electron chi connectivity index (χ4n) is 6.56. The minimum Gasteiger partial charge on any atom is -0.481 e. The number of aromatic nitrogens is 3. The zero-order chi connectivity index (χ0) is 39.6. The van der Waals surface area contributed by atoms with E-state index in [1.165, 1.54) is 23.6 Å². The molecule has 3 aromatic rings. The number of nitrogens with zero attached hydrogens (tertiary/aromatic N) is 5. The van der Waals surface area contributed by atoms with Crippen LogP contribution in [0, 0.1) is 12.8 Å². The number of nitrogens with two attached hydrogens (primary N) is 1. The van der Waals surface area contributed by atoms with Gasteiger partial charge in [0.1, 0.15) is 11.3 Å². The molecule has 1 aliphatic heterocycles. The van der Waals surface area contributed by atoms with E-state index < -0.39 is 11.9 Å². The number of benzene rings is 1. The molecule has 15 nitrogen and oxygen atoms in total. The number of hydrogen-bond donors (Lipinski definition) is 4. The lowest BCUT2D eigenvalue weighted by atomic mass is 10.0. The molecule has 0 spiro atoms. The van der Waals surface area contributed by atoms with Crippen molar-refractivity contribution in [2.45, 2.75) is 85.2 Å². The second kappa shape index (κ2) is 22.7. The Kier molecular flexibility index (Phi) is 17.8. The predicted octanol–water partition coefficient (Wildman–Crippen LogP) is 4.01. The van der Waals surface area contributed by atoms with Crippen molar-refractivity contribution < 1.29 is 33.8 Å². The Morgan fingerprint density at radius 3 is 2.40 bits per heavy atom. The van der Waals surface area contributed by atoms with Crippen LogP contribution in [0.1, 0.15) is 81.9 Å². The number of hydrogen-bond acceptors (Lipinski definition) is 11. The summed E-state index contributed by atoms with van der Waals surface area (Å²) in [4.78, 5) is 60.6. The van der Waals surface area contributed by atoms with E-state index in [4.69, 9.17) is 20.3 Å². The number of aryl methyl sites for hydroxylation is 1. The van der Waals surface area contributed by atoms with Gasteiger partial charge in [-0.1, -0.05) is 44.9 Å². The fourth-order valence-corrected chi connectivity index (χ4v) is 6.56. The molecule has 302 valence electrons. The summed E-state index contributed by atoms with van der Waals surface area (Å²) in [5, 5.41) is 15.1. The average Bonchev–Trinajstić information content (AvgIpc) is 3.56. The number of piperazine rings is 1. The number of carbonyl (C=O) groups is 4. The molecule has 3 heterocycles. The summed E-state index contributed by atoms with van der Waals surface area (Å²) >= 11 is 0. The lowest BCUT2D eigenvalue weighted by Gasteiger charge is -2.35. The second-order valence-corrected chi connectivity index (χ2v) is 14.3. The van der Waals surface area contributed by atoms with E-state index in [0.717, 1.165) is 62.3 Å². The number of unbranched alkanes of at least 4 members (excludes halogenated alkanes) is 2. The molecule has 1 aliphatic rings. The van der Waals surface area contributed by atoms with Crippen LogP contribution in [0.15, 0.2) is 30.5 Å². The van der Waals surface area contributed by atoms with Gasteiger partial charge >= 0.3 is 5.97 Å². The number of amides is 2. The molecule has 4 rings (SSSR count). The van der Waals surface area contributed by atoms with Gasteiger partial charge in [0.05, 0.1) is 44.3 Å². The van der Waals surface area contributed by atoms with Crippen molar-refractivity contribution in [3.05, 3.63) is 47.2 Å². The van der Waals surface area contributed by atoms with Crippen LogP contribution in [0.3, 0.4) is 0 Å². The average molecular weight is 765 g/mol. The maximum absolute atomic E-state index is 12.8. The minimum absolute atomic E-state index is 0.0164. The van der Waals surface area contributed by atoms with E-state index in [9.17, 15) is 19.2 Å². The highest BCUT2D eigenvalue weighted by Gasteiger charge is 2.21. The Balaban J connectivity index is 1.07. The first-order chi connectivity index (χ1) is 26.5. The van der Waals surface area contributed by atoms with Crippen LogP contribution in [0.4, 0.5) is 11.8 Å². The standard InChI is InChI=1S/C40H60N8O7/c1-4-5-6-14-43-38-37-34(44-40(41)45-38)12-16-48(37)28-32-11-10-31(25-29(32)2)27-46-17-19-47(20-18-46)36(51)13-21-54-23-24-55-22-15-42-35(50)9-7-8-33(49)26-30(3)39(52)53/h10-12,16,25,30H,4-9,13-15,17-24,26-28H2,1-3H3,(H,42,50)(H,52,53)(H3,41,43,44,45). The van der Waals surface area contributed by atoms with Crippen LogP contribution in [-0.4, -0.2) is 119 Å². The molecule has 0 aliphatic carbocycles. The van der Waals surface area contributed by atoms with Crippen molar-refractivity contribution in [2.75, 3.05) is 76.7 Å². The Hall–Kier alpha value is -4.60. The third-order valence-corrected chi connectivity index (χ3v) is 9.80. The van der Waals surface area contributed by atoms with Crippen molar-refractivity contribution in [2.24, 2.45) is 5.92 Å². The number of nitrogen functional groups attached to an aromatic ring is 1. The summed E-state index contributed by atoms with van der Waals surface area (Å²) in [5.41, 5.74) is 11.5. The highest BCUT2D eigenvalue weighted by atomic mass is 16.5. The summed E-state index contributed by atoms with van der Waals surface area (Å²) < 4.78 is 13.3. The van der Waals surface area contributed by atoms with Gasteiger partial charge in [-0.25, -0.2) is 4.98 Å². The van der Waals surface area contributed by atoms with Crippen LogP contribution in [0.25, 0.3) is 11.0 Å². The molecular formula is C40H60N8O7. The summed E-state index contributed by atoms with van der Waals surface area (Å²) in [6.45, 7) is 12.9. The maximum Gasteiger partial charge on any atom is 0.306 e. The Bertz CT molecular complexity index is 1710. The van der Waals surface area contributed by atoms with Gasteiger partial charge in [-0.05, 0) is 42.5 Å². The number of carboxylic acid groups (broad SMARTS) is 1. The van der Waals surface area contributed by atoms with Crippen molar-refractivity contribution in [1.29, 1.82) is 0 Å². The zero-order valence-electron chi connectivity index (χ0n) is 32.8. The lowest BCUT2D eigenvalue weighted by molar-refractivity contribution is -0.143. The van der Waals surface area contributed by atoms with Gasteiger partial charge in [-0.3, -0.25) is 24.1 Å². The second-order valence-electron chi connectivity index (χ2n) is 14.3. The SMILES string of the molecule is CCCCCNc1nc(N)nc2ccn(Cc3ccc(CN4CCN(C(=O)CCOCCOCCNC(=O)CCCC(=O)CC(C)C(=O)O)CC4)cc3C)c12. The number of carbonyl (C=O) groups excluding carboxylic acids is 3. The van der Waals surface area contributed by atoms with Crippen molar-refractivity contribution in [3.63, 3.8) is 0 Å². The molecule has 1 unspecified atom stereocenters. The van der Waals surface area contributed by atoms with Crippen LogP contribution in [0.5, 0.6) is 0 Å². The number of carboxylic acids is 1. The van der Waals surface area contributed by atoms with Crippen LogP contribution < -0.4 is 16.4 Å². The van der Waals surface area contributed by atoms with E-state index in [2.05, 4.69) is 62.1 Å². The van der Waals surface area contributed by atoms with Gasteiger partial charge in [0.15, 0.2) is 5.82 Å². The number of fused-ring (bicyclic) bond motifs is 1. The third kappa shape index (κ3) is 14.5. The topological polar surface area (TPSA) is 194 Å². The smallest absolute Gasteiger partial charge is 0.306 e. The van der Waals surface area contributed by atoms with Gasteiger partial charge in [0, 0.05) is 77.8 Å². The number of anilines is 2. The van der Waals surface area contributed by atoms with Crippen molar-refractivity contribution in [3.8, 4) is 0 Å². The normalized spacial score (nSPS) is 13.9. The number of ketones is 1. The van der Waals surface area contributed by atoms with Crippen LogP contribution in [-0.2, 0) is 41.7 Å². The van der Waals surface area contributed by atoms with Crippen LogP contribution in [0.2, 0.25) is 0 Å². The molecule has 1 atom stereocenters. The number of rotatable bonds is 25. The summed E-state index contributed by atoms with van der Waals surface area (Å²) in [7, 11) is 0. The van der Waals surface area contributed by atoms with Gasteiger partial charge < -0.3 is 40.4 Å². The number of nitrogens with one attached hydrogen (secondary N) is 2. The molecule has 1 fully saturated rings. The lowest BCUT2D eigenvalue weighted by Crippen LogP contribution is -2.48. The molecule has 1 saturated heterocycles. The van der Waals surface area contributed by atoms with E-state index in [1.807, 2.05) is 17.2 Å². The molecule has 0 radical (unpaired) electrons. The molecule has 2 amide bonds. The number of ether oxygens (including phenoxy) is 2. The predicted molar refractivity (Wildman–Crippen MR) is 212 cm³/mol. The first-order valence-corrected chi connectivity index (χ1v) is 19.7. The fraction of sp³-hybridized carbons (Fsp3) is 0.600. The van der Waals surface area contributed by atoms with Crippen LogP contribution >= 0.6 is 0 Å². The molecule has 5 N–H and O–H groups in total. The third-order valence-electron chi connectivity index (χ3n) is 9.80. The quantitative estimate of drug-likeness (QED) is 0.0908. The van der Waals surface area contributed by atoms with Gasteiger partial charge in [-0.15, -0.1) is 0 Å². The molecular weight excluding hydrogens is 704 g/mol. The first kappa shape index (κ1) is 43.1. The van der Waals surface area contributed by atoms with E-state index >= 15 is 0 Å². The van der Waals surface area contributed by atoms with E-state index in [-0.39, 0.29) is 42.8 Å². The minimum atomic E-state index is -0.997. The largest absolute Gasteiger partial charge is 0.481 e. The summed E-state index contributed by atoms with van der Waals surface area (Å²) in [6.07, 6.45) is 6.52. The van der Waals surface area contributed by atoms with Gasteiger partial charge in [0.25, 0.3) is 0 Å². The zero-order valence-corrected chi connectivity index (χ0v) is 32.8. The molecule has 1 aromatic carbocycles. The van der Waals surface area contributed by atoms with Crippen molar-refractivity contribution in [1.82, 2.24) is 29.7 Å². The molecule has 0 saturated carbocycles. The van der Waals surface area contributed by atoms with Gasteiger partial charge in [-0.2, -0.15) is 4.98 Å². The molecule has 2 aromatic heterocycles. The Labute approximate surface area is 324 Å². The highest BCUT2D eigenvalue weighted by Crippen LogP contribution is 2.25. The molecule has 55 heavy (non-hydrogen) atoms. The number of Topliss-reactive ketones (excluding diaryl/α,β-unsaturated/α-hetero) is 1. The van der Waals surface area contributed by atoms with Gasteiger partial charge in [0.2, 0.25) is 17.8 Å². The molecule has 15 heteroatoms. The van der Waals surface area contributed by atoms with E-state index in [0.29, 0.717) is 65.4 Å². The Morgan fingerprint density at radius 1 is 0.909 bits per heavy atom. The van der Waals surface area contributed by atoms with Crippen molar-refractivity contribution >= 4 is 46.4 Å². The van der Waals surface area contributed by atoms with E-state index in [1.54, 1.807) is 0 Å². The monoisotopic (exact) mass is 764 g/mol. The highest BCUT2D eigenvalue weighted by molar-refractivity contribution is 5.88. The molecule has 0 bridgehead atoms. The first-order valence-electron chi connectivity index (χ1n) is 19.7. The summed E-state index contributed by atoms with van der Waals surface area (Å²) in [5.74, 6) is -0.899. The maximum atomic E-state index is 12.8. The Morgan fingerprint density at radius 2 is 1.67 bits per heavy atom. The summed E-state index contributed by atoms with van der Waals surface area (Å²) in [6, 6.07) is 8.65. The number of aliphatic carboxylic acids is 1.